The lowest BCUT2D eigenvalue weighted by molar-refractivity contribution is 0.717. The van der Waals surface area contributed by atoms with Gasteiger partial charge in [0.25, 0.3) is 0 Å². The van der Waals surface area contributed by atoms with Crippen molar-refractivity contribution in [3.8, 4) is 11.1 Å². The summed E-state index contributed by atoms with van der Waals surface area (Å²) in [7, 11) is 3.95. The Bertz CT molecular complexity index is 541. The van der Waals surface area contributed by atoms with Crippen LogP contribution < -0.4 is 5.32 Å². The molecule has 1 aromatic heterocycles. The van der Waals surface area contributed by atoms with Crippen LogP contribution in [0.1, 0.15) is 16.8 Å². The molecule has 0 saturated carbocycles. The van der Waals surface area contributed by atoms with Crippen LogP contribution in [-0.4, -0.2) is 23.4 Å². The highest BCUT2D eigenvalue weighted by Gasteiger charge is 2.10. The minimum atomic E-state index is 0.953. The number of nitrogens with one attached hydrogen (secondary N) is 1. The molecule has 0 saturated heterocycles. The average molecular weight is 243 g/mol. The molecule has 2 aromatic rings. The minimum Gasteiger partial charge on any atom is -0.319 e. The first-order valence-corrected chi connectivity index (χ1v) is 6.36. The van der Waals surface area contributed by atoms with Crippen LogP contribution in [0.2, 0.25) is 0 Å². The number of benzene rings is 1. The molecule has 3 nitrogen and oxygen atoms in total. The van der Waals surface area contributed by atoms with Gasteiger partial charge in [0.05, 0.1) is 5.69 Å². The molecule has 18 heavy (non-hydrogen) atoms. The van der Waals surface area contributed by atoms with Gasteiger partial charge in [-0.25, -0.2) is 0 Å². The zero-order chi connectivity index (χ0) is 13.1. The maximum absolute atomic E-state index is 4.55. The third kappa shape index (κ3) is 2.62. The molecule has 1 aromatic carbocycles. The van der Waals surface area contributed by atoms with E-state index in [0.717, 1.165) is 18.7 Å². The van der Waals surface area contributed by atoms with E-state index in [9.17, 15) is 0 Å². The van der Waals surface area contributed by atoms with Crippen LogP contribution in [0.5, 0.6) is 0 Å². The summed E-state index contributed by atoms with van der Waals surface area (Å²) in [5, 5.41) is 7.73. The summed E-state index contributed by atoms with van der Waals surface area (Å²) < 4.78 is 1.90. The number of aryl methyl sites for hydroxylation is 3. The lowest BCUT2D eigenvalue weighted by atomic mass is 10.00. The topological polar surface area (TPSA) is 29.9 Å². The predicted molar refractivity (Wildman–Crippen MR) is 75.7 cm³/mol. The Labute approximate surface area is 109 Å². The molecule has 0 aliphatic heterocycles. The number of hydrogen-bond acceptors (Lipinski definition) is 2. The van der Waals surface area contributed by atoms with E-state index < -0.39 is 0 Å². The summed E-state index contributed by atoms with van der Waals surface area (Å²) in [6.45, 7) is 5.25. The number of rotatable bonds is 4. The highest BCUT2D eigenvalue weighted by molar-refractivity contribution is 5.66. The predicted octanol–water partition coefficient (Wildman–Crippen LogP) is 2.47. The van der Waals surface area contributed by atoms with Crippen molar-refractivity contribution in [2.45, 2.75) is 20.3 Å². The summed E-state index contributed by atoms with van der Waals surface area (Å²) >= 11 is 0. The quantitative estimate of drug-likeness (QED) is 0.894. The third-order valence-corrected chi connectivity index (χ3v) is 3.33. The van der Waals surface area contributed by atoms with Crippen LogP contribution in [0.3, 0.4) is 0 Å². The van der Waals surface area contributed by atoms with E-state index in [1.54, 1.807) is 0 Å². The Morgan fingerprint density at radius 1 is 1.22 bits per heavy atom. The molecule has 3 heteroatoms. The maximum atomic E-state index is 4.55. The standard InChI is InChI=1S/C15H21N3/c1-11-5-6-13(9-12(11)2)14-10-18(4)17-15(14)7-8-16-3/h5-6,9-10,16H,7-8H2,1-4H3. The van der Waals surface area contributed by atoms with Crippen LogP contribution >= 0.6 is 0 Å². The summed E-state index contributed by atoms with van der Waals surface area (Å²) in [4.78, 5) is 0. The van der Waals surface area contributed by atoms with Crippen molar-refractivity contribution in [2.24, 2.45) is 7.05 Å². The van der Waals surface area contributed by atoms with Crippen LogP contribution in [0, 0.1) is 13.8 Å². The summed E-state index contributed by atoms with van der Waals surface area (Å²) in [6, 6.07) is 6.61. The fraction of sp³-hybridized carbons (Fsp3) is 0.400. The van der Waals surface area contributed by atoms with Crippen molar-refractivity contribution in [3.05, 3.63) is 41.2 Å². The van der Waals surface area contributed by atoms with Gasteiger partial charge in [-0.2, -0.15) is 5.10 Å². The van der Waals surface area contributed by atoms with Gasteiger partial charge in [-0.1, -0.05) is 18.2 Å². The molecule has 0 amide bonds. The molecule has 0 bridgehead atoms. The zero-order valence-electron chi connectivity index (χ0n) is 11.6. The van der Waals surface area contributed by atoms with Crippen LogP contribution in [0.15, 0.2) is 24.4 Å². The number of likely N-dealkylation sites (N-methyl/N-ethyl adjacent to an activating group) is 1. The van der Waals surface area contributed by atoms with E-state index in [1.165, 1.54) is 22.3 Å². The van der Waals surface area contributed by atoms with Gasteiger partial charge < -0.3 is 5.32 Å². The molecule has 0 spiro atoms. The Morgan fingerprint density at radius 2 is 2.00 bits per heavy atom. The van der Waals surface area contributed by atoms with Crippen molar-refractivity contribution in [3.63, 3.8) is 0 Å². The second-order valence-corrected chi connectivity index (χ2v) is 4.82. The van der Waals surface area contributed by atoms with Crippen LogP contribution in [-0.2, 0) is 13.5 Å². The van der Waals surface area contributed by atoms with E-state index in [1.807, 2.05) is 18.8 Å². The van der Waals surface area contributed by atoms with Crippen molar-refractivity contribution in [2.75, 3.05) is 13.6 Å². The molecule has 1 N–H and O–H groups in total. The SMILES string of the molecule is CNCCc1nn(C)cc1-c1ccc(C)c(C)c1. The van der Waals surface area contributed by atoms with Gasteiger partial charge in [-0.3, -0.25) is 4.68 Å². The van der Waals surface area contributed by atoms with E-state index in [-0.39, 0.29) is 0 Å². The lowest BCUT2D eigenvalue weighted by Crippen LogP contribution is -2.11. The fourth-order valence-corrected chi connectivity index (χ4v) is 2.11. The zero-order valence-corrected chi connectivity index (χ0v) is 11.6. The van der Waals surface area contributed by atoms with Gasteiger partial charge in [-0.15, -0.1) is 0 Å². The largest absolute Gasteiger partial charge is 0.319 e. The highest BCUT2D eigenvalue weighted by Crippen LogP contribution is 2.25. The van der Waals surface area contributed by atoms with Gasteiger partial charge in [0, 0.05) is 31.8 Å². The van der Waals surface area contributed by atoms with E-state index in [4.69, 9.17) is 0 Å². The molecule has 1 heterocycles. The molecule has 0 atom stereocenters. The molecule has 2 rings (SSSR count). The van der Waals surface area contributed by atoms with E-state index >= 15 is 0 Å². The second kappa shape index (κ2) is 5.36. The normalized spacial score (nSPS) is 10.9. The Balaban J connectivity index is 2.39. The summed E-state index contributed by atoms with van der Waals surface area (Å²) in [5.41, 5.74) is 6.33. The second-order valence-electron chi connectivity index (χ2n) is 4.82. The number of hydrogen-bond donors (Lipinski definition) is 1. The Hall–Kier alpha value is -1.61. The van der Waals surface area contributed by atoms with Crippen molar-refractivity contribution < 1.29 is 0 Å². The highest BCUT2D eigenvalue weighted by atomic mass is 15.3. The lowest BCUT2D eigenvalue weighted by Gasteiger charge is -2.05. The van der Waals surface area contributed by atoms with Gasteiger partial charge in [0.2, 0.25) is 0 Å². The summed E-state index contributed by atoms with van der Waals surface area (Å²) in [6.07, 6.45) is 3.06. The molecular weight excluding hydrogens is 222 g/mol. The Morgan fingerprint density at radius 3 is 2.67 bits per heavy atom. The molecule has 0 aliphatic rings. The van der Waals surface area contributed by atoms with Gasteiger partial charge in [0.15, 0.2) is 0 Å². The molecule has 96 valence electrons. The van der Waals surface area contributed by atoms with Crippen molar-refractivity contribution >= 4 is 0 Å². The monoisotopic (exact) mass is 243 g/mol. The number of aromatic nitrogens is 2. The molecule has 0 radical (unpaired) electrons. The first-order valence-electron chi connectivity index (χ1n) is 6.36. The fourth-order valence-electron chi connectivity index (χ4n) is 2.11. The third-order valence-electron chi connectivity index (χ3n) is 3.33. The number of nitrogens with zero attached hydrogens (tertiary/aromatic N) is 2. The van der Waals surface area contributed by atoms with Crippen LogP contribution in [0.25, 0.3) is 11.1 Å². The average Bonchev–Trinajstić information content (AvgIpc) is 2.71. The molecule has 0 fully saturated rings. The first-order chi connectivity index (χ1) is 8.61. The van der Waals surface area contributed by atoms with Gasteiger partial charge in [-0.05, 0) is 37.6 Å². The van der Waals surface area contributed by atoms with E-state index in [0.29, 0.717) is 0 Å². The van der Waals surface area contributed by atoms with Gasteiger partial charge in [0.1, 0.15) is 0 Å². The summed E-state index contributed by atoms with van der Waals surface area (Å²) in [5.74, 6) is 0. The Kier molecular flexibility index (Phi) is 3.82. The molecular formula is C15H21N3. The van der Waals surface area contributed by atoms with Crippen molar-refractivity contribution in [1.82, 2.24) is 15.1 Å². The maximum Gasteiger partial charge on any atom is 0.0715 e. The first kappa shape index (κ1) is 12.8. The smallest absolute Gasteiger partial charge is 0.0715 e. The van der Waals surface area contributed by atoms with Crippen molar-refractivity contribution in [1.29, 1.82) is 0 Å². The molecule has 0 unspecified atom stereocenters. The van der Waals surface area contributed by atoms with Crippen LogP contribution in [0.4, 0.5) is 0 Å². The molecule has 0 aliphatic carbocycles. The van der Waals surface area contributed by atoms with Gasteiger partial charge >= 0.3 is 0 Å². The van der Waals surface area contributed by atoms with E-state index in [2.05, 4.69) is 48.7 Å². The minimum absolute atomic E-state index is 0.953.